The first-order valence-corrected chi connectivity index (χ1v) is 6.60. The van der Waals surface area contributed by atoms with Crippen molar-refractivity contribution in [3.63, 3.8) is 0 Å². The van der Waals surface area contributed by atoms with Crippen LogP contribution in [0.3, 0.4) is 0 Å². The van der Waals surface area contributed by atoms with Crippen LogP contribution in [0.5, 0.6) is 0 Å². The van der Waals surface area contributed by atoms with Crippen molar-refractivity contribution in [2.24, 2.45) is 5.92 Å². The van der Waals surface area contributed by atoms with Crippen LogP contribution >= 0.6 is 0 Å². The third kappa shape index (κ3) is 2.11. The molecule has 0 bridgehead atoms. The highest BCUT2D eigenvalue weighted by atomic mass is 16.6. The zero-order chi connectivity index (χ0) is 14.1. The zero-order valence-corrected chi connectivity index (χ0v) is 10.9. The number of hydrogen-bond acceptors (Lipinski definition) is 3. The first-order valence-electron chi connectivity index (χ1n) is 6.60. The van der Waals surface area contributed by atoms with Gasteiger partial charge in [0.1, 0.15) is 0 Å². The maximum absolute atomic E-state index is 12.5. The molecule has 0 fully saturated rings. The van der Waals surface area contributed by atoms with E-state index in [2.05, 4.69) is 12.2 Å². The Labute approximate surface area is 116 Å². The van der Waals surface area contributed by atoms with Gasteiger partial charge in [0.25, 0.3) is 11.6 Å². The van der Waals surface area contributed by atoms with Gasteiger partial charge < -0.3 is 4.90 Å². The van der Waals surface area contributed by atoms with Crippen LogP contribution in [0.1, 0.15) is 23.2 Å². The molecule has 0 spiro atoms. The third-order valence-corrected chi connectivity index (χ3v) is 3.75. The van der Waals surface area contributed by atoms with Gasteiger partial charge in [-0.2, -0.15) is 0 Å². The summed E-state index contributed by atoms with van der Waals surface area (Å²) in [4.78, 5) is 24.4. The van der Waals surface area contributed by atoms with E-state index >= 15 is 0 Å². The minimum atomic E-state index is -0.465. The fourth-order valence-electron chi connectivity index (χ4n) is 2.73. The van der Waals surface area contributed by atoms with Gasteiger partial charge in [0.05, 0.1) is 4.92 Å². The molecule has 2 aliphatic rings. The lowest BCUT2D eigenvalue weighted by Gasteiger charge is -2.29. The van der Waals surface area contributed by atoms with E-state index in [1.54, 1.807) is 4.90 Å². The van der Waals surface area contributed by atoms with Crippen molar-refractivity contribution >= 4 is 11.6 Å². The van der Waals surface area contributed by atoms with E-state index in [1.165, 1.54) is 24.3 Å². The molecule has 1 aliphatic carbocycles. The van der Waals surface area contributed by atoms with Crippen molar-refractivity contribution in [1.29, 1.82) is 0 Å². The van der Waals surface area contributed by atoms with E-state index in [-0.39, 0.29) is 11.6 Å². The molecular formula is C15H14N2O3. The number of nitro benzene ring substituents is 1. The molecule has 1 amide bonds. The van der Waals surface area contributed by atoms with E-state index in [9.17, 15) is 14.9 Å². The van der Waals surface area contributed by atoms with Gasteiger partial charge >= 0.3 is 0 Å². The third-order valence-electron chi connectivity index (χ3n) is 3.75. The lowest BCUT2D eigenvalue weighted by Crippen LogP contribution is -2.34. The van der Waals surface area contributed by atoms with Crippen molar-refractivity contribution in [2.75, 3.05) is 6.54 Å². The Bertz CT molecular complexity index is 617. The summed E-state index contributed by atoms with van der Waals surface area (Å²) in [5, 5.41) is 10.6. The number of allylic oxidation sites excluding steroid dienone is 2. The molecule has 1 atom stereocenters. The molecule has 0 saturated heterocycles. The van der Waals surface area contributed by atoms with E-state index in [1.807, 2.05) is 6.08 Å². The highest BCUT2D eigenvalue weighted by Gasteiger charge is 2.29. The standard InChI is InChI=1S/C15H14N2O3/c18-15(12-6-8-13(9-7-12)17(19)20)16-10-2-4-11-3-1-5-14(11)16/h2,4-9,11H,1,3,10H2. The zero-order valence-electron chi connectivity index (χ0n) is 10.9. The van der Waals surface area contributed by atoms with Crippen molar-refractivity contribution in [3.05, 3.63) is 63.9 Å². The molecule has 5 nitrogen and oxygen atoms in total. The van der Waals surface area contributed by atoms with Crippen LogP contribution in [0.4, 0.5) is 5.69 Å². The number of carbonyl (C=O) groups excluding carboxylic acids is 1. The second-order valence-electron chi connectivity index (χ2n) is 4.96. The van der Waals surface area contributed by atoms with Crippen LogP contribution in [0.15, 0.2) is 48.2 Å². The first-order chi connectivity index (χ1) is 9.66. The Hall–Kier alpha value is -2.43. The SMILES string of the molecule is O=C(c1ccc([N+](=O)[O-])cc1)N1CC=CC2CCC=C21. The number of benzene rings is 1. The molecule has 1 aromatic rings. The average molecular weight is 270 g/mol. The van der Waals surface area contributed by atoms with E-state index < -0.39 is 4.92 Å². The average Bonchev–Trinajstić information content (AvgIpc) is 2.95. The predicted octanol–water partition coefficient (Wildman–Crippen LogP) is 2.90. The van der Waals surface area contributed by atoms with Crippen LogP contribution in [-0.4, -0.2) is 22.3 Å². The van der Waals surface area contributed by atoms with E-state index in [4.69, 9.17) is 0 Å². The minimum absolute atomic E-state index is 0.00181. The quantitative estimate of drug-likeness (QED) is 0.471. The van der Waals surface area contributed by atoms with Crippen molar-refractivity contribution in [3.8, 4) is 0 Å². The molecule has 1 unspecified atom stereocenters. The van der Waals surface area contributed by atoms with Gasteiger partial charge in [-0.15, -0.1) is 0 Å². The van der Waals surface area contributed by atoms with Crippen LogP contribution < -0.4 is 0 Å². The second kappa shape index (κ2) is 4.92. The van der Waals surface area contributed by atoms with Gasteiger partial charge in [-0.3, -0.25) is 14.9 Å². The fourth-order valence-corrected chi connectivity index (χ4v) is 2.73. The summed E-state index contributed by atoms with van der Waals surface area (Å²) in [6.45, 7) is 0.568. The molecule has 1 aromatic carbocycles. The highest BCUT2D eigenvalue weighted by molar-refractivity contribution is 5.96. The number of nitro groups is 1. The summed E-state index contributed by atoms with van der Waals surface area (Å²) in [6, 6.07) is 5.77. The fraction of sp³-hybridized carbons (Fsp3) is 0.267. The number of non-ortho nitro benzene ring substituents is 1. The molecule has 20 heavy (non-hydrogen) atoms. The number of nitrogens with zero attached hydrogens (tertiary/aromatic N) is 2. The van der Waals surface area contributed by atoms with Crippen molar-refractivity contribution in [1.82, 2.24) is 4.90 Å². The molecule has 3 rings (SSSR count). The number of rotatable bonds is 2. The summed E-state index contributed by atoms with van der Waals surface area (Å²) in [5.74, 6) is 0.244. The van der Waals surface area contributed by atoms with Crippen molar-refractivity contribution in [2.45, 2.75) is 12.8 Å². The molecule has 5 heteroatoms. The van der Waals surface area contributed by atoms with Gasteiger partial charge in [0.2, 0.25) is 0 Å². The maximum atomic E-state index is 12.5. The predicted molar refractivity (Wildman–Crippen MR) is 74.1 cm³/mol. The Morgan fingerprint density at radius 3 is 2.75 bits per heavy atom. The van der Waals surface area contributed by atoms with Gasteiger partial charge in [-0.1, -0.05) is 18.2 Å². The van der Waals surface area contributed by atoms with Crippen LogP contribution in [0.25, 0.3) is 0 Å². The molecule has 1 heterocycles. The van der Waals surface area contributed by atoms with Crippen LogP contribution in [0.2, 0.25) is 0 Å². The Balaban J connectivity index is 1.85. The highest BCUT2D eigenvalue weighted by Crippen LogP contribution is 2.33. The topological polar surface area (TPSA) is 63.4 Å². The molecule has 0 radical (unpaired) electrons. The Kier molecular flexibility index (Phi) is 3.10. The lowest BCUT2D eigenvalue weighted by molar-refractivity contribution is -0.384. The lowest BCUT2D eigenvalue weighted by atomic mass is 10.0. The molecule has 0 N–H and O–H groups in total. The largest absolute Gasteiger partial charge is 0.308 e. The van der Waals surface area contributed by atoms with Gasteiger partial charge in [-0.25, -0.2) is 0 Å². The molecule has 0 saturated carbocycles. The molecule has 1 aliphatic heterocycles. The summed E-state index contributed by atoms with van der Waals surface area (Å²) < 4.78 is 0. The Morgan fingerprint density at radius 2 is 2.05 bits per heavy atom. The molecule has 102 valence electrons. The van der Waals surface area contributed by atoms with Crippen molar-refractivity contribution < 1.29 is 9.72 Å². The smallest absolute Gasteiger partial charge is 0.269 e. The van der Waals surface area contributed by atoms with Crippen LogP contribution in [0, 0.1) is 16.0 Å². The van der Waals surface area contributed by atoms with E-state index in [0.717, 1.165) is 18.5 Å². The number of carbonyl (C=O) groups is 1. The second-order valence-corrected chi connectivity index (χ2v) is 4.96. The summed E-state index contributed by atoms with van der Waals surface area (Å²) >= 11 is 0. The minimum Gasteiger partial charge on any atom is -0.308 e. The number of fused-ring (bicyclic) bond motifs is 1. The monoisotopic (exact) mass is 270 g/mol. The number of amides is 1. The summed E-state index contributed by atoms with van der Waals surface area (Å²) in [7, 11) is 0. The first kappa shape index (κ1) is 12.6. The van der Waals surface area contributed by atoms with Gasteiger partial charge in [-0.05, 0) is 25.0 Å². The molecular weight excluding hydrogens is 256 g/mol. The number of hydrogen-bond donors (Lipinski definition) is 0. The van der Waals surface area contributed by atoms with Gasteiger partial charge in [0.15, 0.2) is 0 Å². The normalized spacial score (nSPS) is 20.5. The van der Waals surface area contributed by atoms with E-state index in [0.29, 0.717) is 18.0 Å². The maximum Gasteiger partial charge on any atom is 0.269 e. The summed E-state index contributed by atoms with van der Waals surface area (Å²) in [5.41, 5.74) is 1.55. The van der Waals surface area contributed by atoms with Crippen LogP contribution in [-0.2, 0) is 0 Å². The summed E-state index contributed by atoms with van der Waals surface area (Å²) in [6.07, 6.45) is 8.32. The molecule has 0 aromatic heterocycles. The Morgan fingerprint density at radius 1 is 1.30 bits per heavy atom. The van der Waals surface area contributed by atoms with Gasteiger partial charge in [0, 0.05) is 35.9 Å².